The van der Waals surface area contributed by atoms with Gasteiger partial charge < -0.3 is 9.88 Å². The summed E-state index contributed by atoms with van der Waals surface area (Å²) in [6, 6.07) is 5.89. The molecule has 4 nitrogen and oxygen atoms in total. The molecule has 4 heteroatoms. The Morgan fingerprint density at radius 1 is 1.47 bits per heavy atom. The van der Waals surface area contributed by atoms with Crippen LogP contribution in [0.1, 0.15) is 32.0 Å². The number of nitrogens with zero attached hydrogens (tertiary/aromatic N) is 2. The van der Waals surface area contributed by atoms with E-state index >= 15 is 0 Å². The smallest absolute Gasteiger partial charge is 0.136 e. The van der Waals surface area contributed by atoms with Gasteiger partial charge in [-0.2, -0.15) is 5.26 Å². The van der Waals surface area contributed by atoms with Crippen molar-refractivity contribution in [1.82, 2.24) is 15.2 Å². The third-order valence-corrected chi connectivity index (χ3v) is 2.96. The van der Waals surface area contributed by atoms with Crippen LogP contribution in [-0.2, 0) is 0 Å². The van der Waals surface area contributed by atoms with E-state index in [2.05, 4.69) is 35.1 Å². The van der Waals surface area contributed by atoms with Gasteiger partial charge in [-0.15, -0.1) is 0 Å². The summed E-state index contributed by atoms with van der Waals surface area (Å²) in [6.45, 7) is 8.49. The average molecular weight is 234 g/mol. The number of nitrogens with one attached hydrogen (secondary N) is 2. The van der Waals surface area contributed by atoms with Gasteiger partial charge in [-0.1, -0.05) is 13.8 Å². The van der Waals surface area contributed by atoms with Gasteiger partial charge in [-0.05, 0) is 44.7 Å². The molecule has 0 aliphatic carbocycles. The third kappa shape index (κ3) is 4.59. The van der Waals surface area contributed by atoms with Gasteiger partial charge in [-0.3, -0.25) is 5.32 Å². The highest BCUT2D eigenvalue weighted by atomic mass is 15.1. The first-order chi connectivity index (χ1) is 8.31. The van der Waals surface area contributed by atoms with Gasteiger partial charge in [0.15, 0.2) is 0 Å². The second kappa shape index (κ2) is 7.88. The van der Waals surface area contributed by atoms with Crippen molar-refractivity contribution < 1.29 is 0 Å². The van der Waals surface area contributed by atoms with Crippen LogP contribution in [0.3, 0.4) is 0 Å². The fourth-order valence-corrected chi connectivity index (χ4v) is 1.84. The van der Waals surface area contributed by atoms with Crippen LogP contribution in [0.25, 0.3) is 0 Å². The maximum absolute atomic E-state index is 9.06. The first-order valence-electron chi connectivity index (χ1n) is 6.30. The zero-order chi connectivity index (χ0) is 12.5. The molecule has 1 heterocycles. The van der Waals surface area contributed by atoms with Crippen molar-refractivity contribution in [3.8, 4) is 6.07 Å². The van der Waals surface area contributed by atoms with E-state index < -0.39 is 0 Å². The third-order valence-electron chi connectivity index (χ3n) is 2.96. The fourth-order valence-electron chi connectivity index (χ4n) is 1.84. The Balaban J connectivity index is 2.24. The molecule has 0 saturated carbocycles. The lowest BCUT2D eigenvalue weighted by Crippen LogP contribution is -2.28. The van der Waals surface area contributed by atoms with E-state index in [0.29, 0.717) is 0 Å². The van der Waals surface area contributed by atoms with Gasteiger partial charge in [0.2, 0.25) is 0 Å². The van der Waals surface area contributed by atoms with Crippen LogP contribution in [0, 0.1) is 11.3 Å². The minimum Gasteiger partial charge on any atom is -0.363 e. The van der Waals surface area contributed by atoms with Gasteiger partial charge in [0.1, 0.15) is 6.04 Å². The molecule has 1 rings (SSSR count). The largest absolute Gasteiger partial charge is 0.363 e. The predicted molar refractivity (Wildman–Crippen MR) is 69.6 cm³/mol. The molecule has 0 spiro atoms. The van der Waals surface area contributed by atoms with Crippen molar-refractivity contribution in [2.24, 2.45) is 0 Å². The number of hydrogen-bond donors (Lipinski definition) is 2. The monoisotopic (exact) mass is 234 g/mol. The lowest BCUT2D eigenvalue weighted by atomic mass is 10.2. The average Bonchev–Trinajstić information content (AvgIpc) is 2.88. The van der Waals surface area contributed by atoms with Crippen LogP contribution in [-0.4, -0.2) is 36.1 Å². The summed E-state index contributed by atoms with van der Waals surface area (Å²) < 4.78 is 0. The summed E-state index contributed by atoms with van der Waals surface area (Å²) in [7, 11) is 0. The number of aromatic nitrogens is 1. The first-order valence-corrected chi connectivity index (χ1v) is 6.30. The molecule has 1 atom stereocenters. The topological polar surface area (TPSA) is 54.9 Å². The second-order valence-corrected chi connectivity index (χ2v) is 4.02. The highest BCUT2D eigenvalue weighted by Crippen LogP contribution is 2.08. The van der Waals surface area contributed by atoms with Crippen LogP contribution >= 0.6 is 0 Å². The summed E-state index contributed by atoms with van der Waals surface area (Å²) in [5, 5.41) is 12.3. The summed E-state index contributed by atoms with van der Waals surface area (Å²) >= 11 is 0. The summed E-state index contributed by atoms with van der Waals surface area (Å²) in [6.07, 6.45) is 2.91. The fraction of sp³-hybridized carbons (Fsp3) is 0.615. The Morgan fingerprint density at radius 2 is 2.24 bits per heavy atom. The van der Waals surface area contributed by atoms with Crippen LogP contribution in [0.15, 0.2) is 18.3 Å². The molecule has 1 aromatic rings. The van der Waals surface area contributed by atoms with E-state index in [0.717, 1.165) is 38.3 Å². The molecule has 0 bridgehead atoms. The van der Waals surface area contributed by atoms with E-state index in [-0.39, 0.29) is 6.04 Å². The zero-order valence-electron chi connectivity index (χ0n) is 10.7. The summed E-state index contributed by atoms with van der Waals surface area (Å²) in [5.41, 5.74) is 0.940. The number of rotatable bonds is 8. The van der Waals surface area contributed by atoms with Gasteiger partial charge in [-0.25, -0.2) is 0 Å². The van der Waals surface area contributed by atoms with Crippen LogP contribution in [0.5, 0.6) is 0 Å². The van der Waals surface area contributed by atoms with Crippen LogP contribution in [0.4, 0.5) is 0 Å². The maximum atomic E-state index is 9.06. The van der Waals surface area contributed by atoms with E-state index in [1.54, 1.807) is 0 Å². The molecule has 0 aliphatic rings. The van der Waals surface area contributed by atoms with Gasteiger partial charge in [0.25, 0.3) is 0 Å². The normalized spacial score (nSPS) is 12.6. The summed E-state index contributed by atoms with van der Waals surface area (Å²) in [5.74, 6) is 0. The van der Waals surface area contributed by atoms with E-state index in [1.165, 1.54) is 0 Å². The van der Waals surface area contributed by atoms with Crippen molar-refractivity contribution in [2.45, 2.75) is 26.3 Å². The molecule has 17 heavy (non-hydrogen) atoms. The Bertz CT molecular complexity index is 322. The molecule has 1 aromatic heterocycles. The molecule has 0 saturated heterocycles. The minimum absolute atomic E-state index is 0.221. The molecule has 2 N–H and O–H groups in total. The van der Waals surface area contributed by atoms with Crippen LogP contribution < -0.4 is 5.32 Å². The lowest BCUT2D eigenvalue weighted by Gasteiger charge is -2.18. The van der Waals surface area contributed by atoms with E-state index in [1.807, 2.05) is 18.3 Å². The quantitative estimate of drug-likeness (QED) is 0.675. The van der Waals surface area contributed by atoms with Gasteiger partial charge in [0.05, 0.1) is 6.07 Å². The van der Waals surface area contributed by atoms with E-state index in [4.69, 9.17) is 5.26 Å². The molecular formula is C13H22N4. The molecule has 1 unspecified atom stereocenters. The van der Waals surface area contributed by atoms with Crippen molar-refractivity contribution in [2.75, 3.05) is 26.2 Å². The standard InChI is InChI=1S/C13H22N4/c1-3-17(4-2)10-6-9-16-13(11-14)12-7-5-8-15-12/h5,7-8,13,15-16H,3-4,6,9-10H2,1-2H3. The molecule has 94 valence electrons. The van der Waals surface area contributed by atoms with E-state index in [9.17, 15) is 0 Å². The Kier molecular flexibility index (Phi) is 6.38. The first kappa shape index (κ1) is 13.8. The molecule has 0 aromatic carbocycles. The molecule has 0 radical (unpaired) electrons. The maximum Gasteiger partial charge on any atom is 0.136 e. The van der Waals surface area contributed by atoms with Crippen molar-refractivity contribution in [3.63, 3.8) is 0 Å². The molecule has 0 amide bonds. The van der Waals surface area contributed by atoms with Crippen molar-refractivity contribution >= 4 is 0 Å². The molecule has 0 fully saturated rings. The highest BCUT2D eigenvalue weighted by Gasteiger charge is 2.09. The molecular weight excluding hydrogens is 212 g/mol. The Labute approximate surface area is 104 Å². The minimum atomic E-state index is -0.221. The highest BCUT2D eigenvalue weighted by molar-refractivity contribution is 5.15. The summed E-state index contributed by atoms with van der Waals surface area (Å²) in [4.78, 5) is 5.45. The number of nitriles is 1. The van der Waals surface area contributed by atoms with Crippen molar-refractivity contribution in [3.05, 3.63) is 24.0 Å². The van der Waals surface area contributed by atoms with Crippen molar-refractivity contribution in [1.29, 1.82) is 5.26 Å². The number of aromatic amines is 1. The number of H-pyrrole nitrogens is 1. The SMILES string of the molecule is CCN(CC)CCCNC(C#N)c1ccc[nH]1. The van der Waals surface area contributed by atoms with Gasteiger partial charge >= 0.3 is 0 Å². The van der Waals surface area contributed by atoms with Gasteiger partial charge in [0, 0.05) is 11.9 Å². The predicted octanol–water partition coefficient (Wildman–Crippen LogP) is 1.90. The van der Waals surface area contributed by atoms with Crippen LogP contribution in [0.2, 0.25) is 0 Å². The second-order valence-electron chi connectivity index (χ2n) is 4.02. The lowest BCUT2D eigenvalue weighted by molar-refractivity contribution is 0.297. The Hall–Kier alpha value is -1.31. The Morgan fingerprint density at radius 3 is 2.76 bits per heavy atom. The zero-order valence-corrected chi connectivity index (χ0v) is 10.7. The number of hydrogen-bond acceptors (Lipinski definition) is 3. The molecule has 0 aliphatic heterocycles.